The number of nitriles is 1. The van der Waals surface area contributed by atoms with Gasteiger partial charge in [-0.1, -0.05) is 12.1 Å². The fraction of sp³-hybridized carbons (Fsp3) is 0.143. The van der Waals surface area contributed by atoms with E-state index in [-0.39, 0.29) is 23.4 Å². The number of para-hydroxylation sites is 2. The van der Waals surface area contributed by atoms with Gasteiger partial charge in [0.1, 0.15) is 5.82 Å². The molecule has 1 fully saturated rings. The predicted octanol–water partition coefficient (Wildman–Crippen LogP) is 2.55. The number of aromatic amines is 1. The molecule has 0 saturated heterocycles. The van der Waals surface area contributed by atoms with Crippen LogP contribution in [0.5, 0.6) is 0 Å². The Hall–Kier alpha value is -4.12. The molecule has 0 aliphatic heterocycles. The van der Waals surface area contributed by atoms with E-state index in [0.717, 1.165) is 21.8 Å². The lowest BCUT2D eigenvalue weighted by Gasteiger charge is -2.10. The summed E-state index contributed by atoms with van der Waals surface area (Å²) in [7, 11) is 0. The van der Waals surface area contributed by atoms with Gasteiger partial charge >= 0.3 is 5.69 Å². The molecule has 0 spiro atoms. The van der Waals surface area contributed by atoms with E-state index in [1.807, 2.05) is 30.3 Å². The number of nitrogens with zero attached hydrogens (tertiary/aromatic N) is 3. The van der Waals surface area contributed by atoms with E-state index in [0.29, 0.717) is 23.6 Å². The van der Waals surface area contributed by atoms with Crippen molar-refractivity contribution in [3.05, 3.63) is 59.1 Å². The molecular formula is C21H16N6O2. The highest BCUT2D eigenvalue weighted by atomic mass is 16.2. The molecule has 0 bridgehead atoms. The van der Waals surface area contributed by atoms with Crippen LogP contribution >= 0.6 is 0 Å². The first kappa shape index (κ1) is 17.0. The number of pyridine rings is 1. The second-order valence-electron chi connectivity index (χ2n) is 7.18. The van der Waals surface area contributed by atoms with Crippen LogP contribution in [0, 0.1) is 23.2 Å². The molecule has 1 aliphatic rings. The van der Waals surface area contributed by atoms with Crippen molar-refractivity contribution >= 4 is 39.2 Å². The number of benzene rings is 2. The fourth-order valence-corrected chi connectivity index (χ4v) is 3.62. The molecule has 5 rings (SSSR count). The minimum Gasteiger partial charge on any atom is -0.398 e. The summed E-state index contributed by atoms with van der Waals surface area (Å²) in [5.74, 6) is -0.320. The quantitative estimate of drug-likeness (QED) is 0.467. The molecule has 1 amide bonds. The van der Waals surface area contributed by atoms with Gasteiger partial charge in [-0.3, -0.25) is 9.36 Å². The third-order valence-corrected chi connectivity index (χ3v) is 5.25. The van der Waals surface area contributed by atoms with Crippen LogP contribution < -0.4 is 16.7 Å². The summed E-state index contributed by atoms with van der Waals surface area (Å²) in [4.78, 5) is 31.8. The zero-order chi connectivity index (χ0) is 20.1. The van der Waals surface area contributed by atoms with Gasteiger partial charge in [0.05, 0.1) is 34.6 Å². The molecule has 8 nitrogen and oxygen atoms in total. The Bertz CT molecular complexity index is 1390. The number of carbonyl (C=O) groups is 1. The normalized spacial score (nSPS) is 17.9. The number of fused-ring (bicyclic) bond motifs is 2. The average molecular weight is 384 g/mol. The fourth-order valence-electron chi connectivity index (χ4n) is 3.62. The average Bonchev–Trinajstić information content (AvgIpc) is 3.42. The van der Waals surface area contributed by atoms with Crippen LogP contribution in [0.1, 0.15) is 6.42 Å². The maximum absolute atomic E-state index is 12.5. The largest absolute Gasteiger partial charge is 0.398 e. The number of nitrogens with two attached hydrogens (primary N) is 1. The number of H-pyrrole nitrogens is 1. The molecule has 1 aliphatic carbocycles. The molecule has 29 heavy (non-hydrogen) atoms. The molecule has 8 heteroatoms. The Morgan fingerprint density at radius 2 is 2.14 bits per heavy atom. The van der Waals surface area contributed by atoms with Crippen LogP contribution in [-0.4, -0.2) is 20.4 Å². The molecule has 0 radical (unpaired) electrons. The van der Waals surface area contributed by atoms with E-state index in [4.69, 9.17) is 11.0 Å². The summed E-state index contributed by atoms with van der Waals surface area (Å²) >= 11 is 0. The number of carbonyl (C=O) groups excluding carboxylic acids is 1. The van der Waals surface area contributed by atoms with Gasteiger partial charge in [-0.15, -0.1) is 0 Å². The standard InChI is InChI=1S/C21H16N6O2/c22-9-12-6-14(12)20(28)26-19-7-11-5-13(8-16(23)15(11)10-24-19)27-18-4-2-1-3-17(18)25-21(27)29/h1-5,7-8,10,12,14H,6,23H2,(H,25,29)(H,24,26,28)/t12?,14-/m1/s1. The third kappa shape index (κ3) is 2.80. The number of imidazole rings is 1. The van der Waals surface area contributed by atoms with Crippen molar-refractivity contribution in [3.8, 4) is 11.8 Å². The highest BCUT2D eigenvalue weighted by molar-refractivity contribution is 5.99. The van der Waals surface area contributed by atoms with E-state index in [9.17, 15) is 9.59 Å². The predicted molar refractivity (Wildman–Crippen MR) is 109 cm³/mol. The first-order chi connectivity index (χ1) is 14.0. The van der Waals surface area contributed by atoms with Crippen LogP contribution in [0.3, 0.4) is 0 Å². The maximum atomic E-state index is 12.5. The summed E-state index contributed by atoms with van der Waals surface area (Å²) < 4.78 is 1.56. The van der Waals surface area contributed by atoms with E-state index < -0.39 is 0 Å². The second kappa shape index (κ2) is 6.21. The molecule has 2 atom stereocenters. The van der Waals surface area contributed by atoms with Crippen LogP contribution in [0.15, 0.2) is 53.5 Å². The minimum atomic E-state index is -0.279. The summed E-state index contributed by atoms with van der Waals surface area (Å²) in [6.45, 7) is 0. The molecule has 142 valence electrons. The Labute approximate surface area is 164 Å². The lowest BCUT2D eigenvalue weighted by atomic mass is 10.1. The third-order valence-electron chi connectivity index (χ3n) is 5.25. The minimum absolute atomic E-state index is 0.208. The molecule has 1 saturated carbocycles. The van der Waals surface area contributed by atoms with Crippen LogP contribution in [0.2, 0.25) is 0 Å². The summed E-state index contributed by atoms with van der Waals surface area (Å²) in [5, 5.41) is 13.1. The highest BCUT2D eigenvalue weighted by Crippen LogP contribution is 2.38. The van der Waals surface area contributed by atoms with E-state index in [1.54, 1.807) is 22.9 Å². The van der Waals surface area contributed by atoms with Crippen molar-refractivity contribution in [1.29, 1.82) is 5.26 Å². The Balaban J connectivity index is 1.58. The number of rotatable bonds is 3. The van der Waals surface area contributed by atoms with Crippen LogP contribution in [-0.2, 0) is 4.79 Å². The SMILES string of the molecule is N#CC1C[C@H]1C(=O)Nc1cc2cc(-n3c(=O)[nH]c4ccccc43)cc(N)c2cn1. The molecular weight excluding hydrogens is 368 g/mol. The van der Waals surface area contributed by atoms with Gasteiger partial charge in [-0.25, -0.2) is 9.78 Å². The second-order valence-corrected chi connectivity index (χ2v) is 7.18. The van der Waals surface area contributed by atoms with Crippen molar-refractivity contribution < 1.29 is 4.79 Å². The Kier molecular flexibility index (Phi) is 3.64. The van der Waals surface area contributed by atoms with Crippen LogP contribution in [0.25, 0.3) is 27.5 Å². The summed E-state index contributed by atoms with van der Waals surface area (Å²) in [6, 6.07) is 14.8. The highest BCUT2D eigenvalue weighted by Gasteiger charge is 2.43. The van der Waals surface area contributed by atoms with Gasteiger partial charge in [-0.2, -0.15) is 5.26 Å². The Morgan fingerprint density at radius 3 is 2.93 bits per heavy atom. The van der Waals surface area contributed by atoms with Gasteiger partial charge in [0.2, 0.25) is 5.91 Å². The molecule has 2 heterocycles. The monoisotopic (exact) mass is 384 g/mol. The van der Waals surface area contributed by atoms with Crippen molar-refractivity contribution in [2.45, 2.75) is 6.42 Å². The van der Waals surface area contributed by atoms with Crippen molar-refractivity contribution in [2.75, 3.05) is 11.1 Å². The van der Waals surface area contributed by atoms with Gasteiger partial charge in [0.15, 0.2) is 0 Å². The first-order valence-electron chi connectivity index (χ1n) is 9.15. The molecule has 4 N–H and O–H groups in total. The lowest BCUT2D eigenvalue weighted by Crippen LogP contribution is -2.16. The van der Waals surface area contributed by atoms with E-state index in [1.165, 1.54) is 0 Å². The van der Waals surface area contributed by atoms with E-state index >= 15 is 0 Å². The number of aromatic nitrogens is 3. The van der Waals surface area contributed by atoms with Gasteiger partial charge in [0, 0.05) is 17.3 Å². The zero-order valence-corrected chi connectivity index (χ0v) is 15.2. The topological polar surface area (TPSA) is 130 Å². The molecule has 1 unspecified atom stereocenters. The number of anilines is 2. The smallest absolute Gasteiger partial charge is 0.331 e. The van der Waals surface area contributed by atoms with Gasteiger partial charge in [0.25, 0.3) is 0 Å². The van der Waals surface area contributed by atoms with Crippen molar-refractivity contribution in [3.63, 3.8) is 0 Å². The Morgan fingerprint density at radius 1 is 1.31 bits per heavy atom. The van der Waals surface area contributed by atoms with Crippen molar-refractivity contribution in [1.82, 2.24) is 14.5 Å². The number of hydrogen-bond acceptors (Lipinski definition) is 5. The summed E-state index contributed by atoms with van der Waals surface area (Å²) in [5.41, 5.74) is 8.53. The number of hydrogen-bond donors (Lipinski definition) is 3. The lowest BCUT2D eigenvalue weighted by molar-refractivity contribution is -0.117. The van der Waals surface area contributed by atoms with Crippen molar-refractivity contribution in [2.24, 2.45) is 11.8 Å². The maximum Gasteiger partial charge on any atom is 0.331 e. The number of amides is 1. The van der Waals surface area contributed by atoms with Gasteiger partial charge in [-0.05, 0) is 42.1 Å². The molecule has 2 aromatic carbocycles. The first-order valence-corrected chi connectivity index (χ1v) is 9.15. The number of nitrogens with one attached hydrogen (secondary N) is 2. The van der Waals surface area contributed by atoms with Gasteiger partial charge < -0.3 is 16.0 Å². The van der Waals surface area contributed by atoms with Crippen LogP contribution in [0.4, 0.5) is 11.5 Å². The zero-order valence-electron chi connectivity index (χ0n) is 15.2. The molecule has 4 aromatic rings. The summed E-state index contributed by atoms with van der Waals surface area (Å²) in [6.07, 6.45) is 2.17. The van der Waals surface area contributed by atoms with E-state index in [2.05, 4.69) is 21.4 Å². The number of nitrogen functional groups attached to an aromatic ring is 1. The molecule has 2 aromatic heterocycles.